The van der Waals surface area contributed by atoms with E-state index in [0.29, 0.717) is 6.54 Å². The number of halogens is 1. The van der Waals surface area contributed by atoms with Crippen LogP contribution in [-0.4, -0.2) is 36.0 Å². The molecular formula is C14H22BrNO2. The maximum Gasteiger partial charge on any atom is 0.0894 e. The van der Waals surface area contributed by atoms with E-state index in [2.05, 4.69) is 54.2 Å². The standard InChI is InChI=1S/C14H22BrNO2/c1-10-4-5-11(15)6-13(10)14(2,3)9-16-7-12(18)8-17/h4-6,12,16-18H,7-9H2,1-3H3. The van der Waals surface area contributed by atoms with Crippen molar-refractivity contribution in [1.82, 2.24) is 5.32 Å². The number of aryl methyl sites for hydroxylation is 1. The van der Waals surface area contributed by atoms with Gasteiger partial charge in [0.1, 0.15) is 0 Å². The van der Waals surface area contributed by atoms with Gasteiger partial charge in [0.25, 0.3) is 0 Å². The first kappa shape index (κ1) is 15.6. The van der Waals surface area contributed by atoms with Gasteiger partial charge in [0.05, 0.1) is 12.7 Å². The number of aliphatic hydroxyl groups is 2. The summed E-state index contributed by atoms with van der Waals surface area (Å²) in [5, 5.41) is 21.3. The normalized spacial score (nSPS) is 13.7. The Morgan fingerprint density at radius 1 is 1.39 bits per heavy atom. The van der Waals surface area contributed by atoms with Crippen LogP contribution in [0.2, 0.25) is 0 Å². The monoisotopic (exact) mass is 315 g/mol. The first-order chi connectivity index (χ1) is 8.36. The van der Waals surface area contributed by atoms with Crippen molar-refractivity contribution in [2.45, 2.75) is 32.3 Å². The molecule has 0 saturated carbocycles. The Morgan fingerprint density at radius 2 is 2.06 bits per heavy atom. The van der Waals surface area contributed by atoms with Gasteiger partial charge >= 0.3 is 0 Å². The zero-order valence-electron chi connectivity index (χ0n) is 11.2. The minimum Gasteiger partial charge on any atom is -0.394 e. The third kappa shape index (κ3) is 4.35. The lowest BCUT2D eigenvalue weighted by atomic mass is 9.82. The van der Waals surface area contributed by atoms with Crippen LogP contribution in [0.25, 0.3) is 0 Å². The molecule has 0 heterocycles. The second-order valence-corrected chi connectivity index (χ2v) is 6.23. The van der Waals surface area contributed by atoms with Crippen molar-refractivity contribution in [3.05, 3.63) is 33.8 Å². The average molecular weight is 316 g/mol. The van der Waals surface area contributed by atoms with Gasteiger partial charge in [-0.05, 0) is 30.2 Å². The molecule has 1 aromatic rings. The topological polar surface area (TPSA) is 52.5 Å². The van der Waals surface area contributed by atoms with E-state index < -0.39 is 6.10 Å². The third-order valence-electron chi connectivity index (χ3n) is 3.09. The second-order valence-electron chi connectivity index (χ2n) is 5.31. The molecule has 0 radical (unpaired) electrons. The third-order valence-corrected chi connectivity index (χ3v) is 3.58. The van der Waals surface area contributed by atoms with Crippen molar-refractivity contribution in [2.24, 2.45) is 0 Å². The van der Waals surface area contributed by atoms with E-state index in [1.165, 1.54) is 11.1 Å². The summed E-state index contributed by atoms with van der Waals surface area (Å²) in [6.07, 6.45) is -0.690. The highest BCUT2D eigenvalue weighted by Gasteiger charge is 2.22. The van der Waals surface area contributed by atoms with Gasteiger partial charge in [0.15, 0.2) is 0 Å². The second kappa shape index (κ2) is 6.66. The summed E-state index contributed by atoms with van der Waals surface area (Å²) in [4.78, 5) is 0. The predicted octanol–water partition coefficient (Wildman–Crippen LogP) is 1.98. The van der Waals surface area contributed by atoms with E-state index in [0.717, 1.165) is 11.0 Å². The van der Waals surface area contributed by atoms with Gasteiger partial charge in [-0.1, -0.05) is 35.8 Å². The van der Waals surface area contributed by atoms with Gasteiger partial charge in [-0.25, -0.2) is 0 Å². The smallest absolute Gasteiger partial charge is 0.0894 e. The summed E-state index contributed by atoms with van der Waals surface area (Å²) in [6.45, 7) is 7.39. The van der Waals surface area contributed by atoms with Gasteiger partial charge in [0.2, 0.25) is 0 Å². The molecule has 1 rings (SSSR count). The van der Waals surface area contributed by atoms with Crippen LogP contribution in [0.1, 0.15) is 25.0 Å². The minimum absolute atomic E-state index is 0.0248. The summed E-state index contributed by atoms with van der Waals surface area (Å²) >= 11 is 3.50. The van der Waals surface area contributed by atoms with E-state index in [4.69, 9.17) is 5.11 Å². The fourth-order valence-electron chi connectivity index (χ4n) is 2.03. The molecule has 0 bridgehead atoms. The quantitative estimate of drug-likeness (QED) is 0.752. The fraction of sp³-hybridized carbons (Fsp3) is 0.571. The number of hydrogen-bond acceptors (Lipinski definition) is 3. The molecule has 1 unspecified atom stereocenters. The molecule has 3 N–H and O–H groups in total. The lowest BCUT2D eigenvalue weighted by Gasteiger charge is -2.28. The van der Waals surface area contributed by atoms with E-state index in [9.17, 15) is 5.11 Å². The number of nitrogens with one attached hydrogen (secondary N) is 1. The summed E-state index contributed by atoms with van der Waals surface area (Å²) in [6, 6.07) is 6.28. The highest BCUT2D eigenvalue weighted by atomic mass is 79.9. The van der Waals surface area contributed by atoms with Crippen LogP contribution in [-0.2, 0) is 5.41 Å². The Hall–Kier alpha value is -0.420. The zero-order chi connectivity index (χ0) is 13.8. The van der Waals surface area contributed by atoms with Crippen LogP contribution in [0, 0.1) is 6.92 Å². The van der Waals surface area contributed by atoms with Crippen LogP contribution in [0.5, 0.6) is 0 Å². The zero-order valence-corrected chi connectivity index (χ0v) is 12.8. The number of aliphatic hydroxyl groups excluding tert-OH is 2. The summed E-state index contributed by atoms with van der Waals surface area (Å²) in [7, 11) is 0. The molecule has 0 aliphatic rings. The molecule has 0 aliphatic carbocycles. The summed E-state index contributed by atoms with van der Waals surface area (Å²) < 4.78 is 1.08. The molecule has 4 heteroatoms. The van der Waals surface area contributed by atoms with Gasteiger partial charge in [-0.15, -0.1) is 0 Å². The fourth-order valence-corrected chi connectivity index (χ4v) is 2.40. The van der Waals surface area contributed by atoms with Gasteiger partial charge in [0, 0.05) is 23.0 Å². The number of hydrogen-bond donors (Lipinski definition) is 3. The lowest BCUT2D eigenvalue weighted by molar-refractivity contribution is 0.0934. The summed E-state index contributed by atoms with van der Waals surface area (Å²) in [5.74, 6) is 0. The molecule has 0 amide bonds. The Bertz CT molecular complexity index is 393. The summed E-state index contributed by atoms with van der Waals surface area (Å²) in [5.41, 5.74) is 2.51. The first-order valence-electron chi connectivity index (χ1n) is 6.13. The predicted molar refractivity (Wildman–Crippen MR) is 77.9 cm³/mol. The van der Waals surface area contributed by atoms with E-state index >= 15 is 0 Å². The highest BCUT2D eigenvalue weighted by molar-refractivity contribution is 9.10. The molecule has 1 atom stereocenters. The van der Waals surface area contributed by atoms with E-state index in [1.807, 2.05) is 6.07 Å². The minimum atomic E-state index is -0.690. The molecule has 1 aromatic carbocycles. The van der Waals surface area contributed by atoms with Crippen LogP contribution in [0.4, 0.5) is 0 Å². The van der Waals surface area contributed by atoms with Crippen LogP contribution < -0.4 is 5.32 Å². The Labute approximate surface area is 117 Å². The number of benzene rings is 1. The molecule has 0 fully saturated rings. The van der Waals surface area contributed by atoms with Crippen molar-refractivity contribution >= 4 is 15.9 Å². The number of rotatable bonds is 6. The van der Waals surface area contributed by atoms with Crippen LogP contribution in [0.3, 0.4) is 0 Å². The molecular weight excluding hydrogens is 294 g/mol. The van der Waals surface area contributed by atoms with Crippen LogP contribution >= 0.6 is 15.9 Å². The first-order valence-corrected chi connectivity index (χ1v) is 6.92. The average Bonchev–Trinajstić information content (AvgIpc) is 2.31. The van der Waals surface area contributed by atoms with Crippen molar-refractivity contribution in [3.8, 4) is 0 Å². The Balaban J connectivity index is 2.70. The van der Waals surface area contributed by atoms with Gasteiger partial charge in [-0.3, -0.25) is 0 Å². The maximum absolute atomic E-state index is 9.30. The van der Waals surface area contributed by atoms with Crippen molar-refractivity contribution in [1.29, 1.82) is 0 Å². The van der Waals surface area contributed by atoms with Crippen LogP contribution in [0.15, 0.2) is 22.7 Å². The van der Waals surface area contributed by atoms with Crippen molar-refractivity contribution in [3.63, 3.8) is 0 Å². The lowest BCUT2D eigenvalue weighted by Crippen LogP contribution is -2.38. The molecule has 0 saturated heterocycles. The SMILES string of the molecule is Cc1ccc(Br)cc1C(C)(C)CNCC(O)CO. The van der Waals surface area contributed by atoms with Crippen molar-refractivity contribution < 1.29 is 10.2 Å². The van der Waals surface area contributed by atoms with Gasteiger partial charge in [-0.2, -0.15) is 0 Å². The Kier molecular flexibility index (Phi) is 5.79. The Morgan fingerprint density at radius 3 is 2.67 bits per heavy atom. The molecule has 102 valence electrons. The molecule has 0 spiro atoms. The van der Waals surface area contributed by atoms with E-state index in [1.54, 1.807) is 0 Å². The van der Waals surface area contributed by atoms with Gasteiger partial charge < -0.3 is 15.5 Å². The largest absolute Gasteiger partial charge is 0.394 e. The highest BCUT2D eigenvalue weighted by Crippen LogP contribution is 2.28. The molecule has 0 aliphatic heterocycles. The molecule has 0 aromatic heterocycles. The van der Waals surface area contributed by atoms with E-state index in [-0.39, 0.29) is 12.0 Å². The molecule has 3 nitrogen and oxygen atoms in total. The maximum atomic E-state index is 9.30. The van der Waals surface area contributed by atoms with Crippen molar-refractivity contribution in [2.75, 3.05) is 19.7 Å². The molecule has 18 heavy (non-hydrogen) atoms.